The van der Waals surface area contributed by atoms with E-state index < -0.39 is 0 Å². The second-order valence-corrected chi connectivity index (χ2v) is 13.0. The fourth-order valence-electron chi connectivity index (χ4n) is 6.50. The number of fused-ring (bicyclic) bond motifs is 9. The molecule has 0 spiro atoms. The fraction of sp³-hybridized carbons (Fsp3) is 0. The van der Waals surface area contributed by atoms with Crippen LogP contribution in [0.2, 0.25) is 0 Å². The van der Waals surface area contributed by atoms with Crippen molar-refractivity contribution < 1.29 is 0 Å². The zero-order valence-corrected chi connectivity index (χ0v) is 24.3. The van der Waals surface area contributed by atoms with Crippen molar-refractivity contribution in [3.05, 3.63) is 126 Å². The summed E-state index contributed by atoms with van der Waals surface area (Å²) in [7, 11) is 0. The molecule has 3 aromatic heterocycles. The van der Waals surface area contributed by atoms with Crippen LogP contribution in [0.15, 0.2) is 115 Å². The van der Waals surface area contributed by atoms with Crippen LogP contribution in [0.25, 0.3) is 79.0 Å². The van der Waals surface area contributed by atoms with Crippen molar-refractivity contribution in [1.29, 1.82) is 10.5 Å². The van der Waals surface area contributed by atoms with Gasteiger partial charge in [0.25, 0.3) is 0 Å². The van der Waals surface area contributed by atoms with Gasteiger partial charge in [0.15, 0.2) is 0 Å². The highest BCUT2D eigenvalue weighted by molar-refractivity contribution is 7.28. The highest BCUT2D eigenvalue weighted by atomic mass is 32.1. The number of hydrogen-bond donors (Lipinski definition) is 0. The maximum absolute atomic E-state index is 9.88. The standard InChI is InChI=1S/C38H19N3S2/c39-20-22-9-12-34(41-32-7-3-1-5-25(32)26-6-2-4-8-33(26)41)27(15-22)24-11-14-36-29(17-24)31-18-30-28-16-23(21-40)10-13-35(28)42-37(30)19-38(31)43-36/h1-19H. The molecule has 5 heteroatoms. The van der Waals surface area contributed by atoms with E-state index in [1.807, 2.05) is 35.6 Å². The molecule has 0 bridgehead atoms. The van der Waals surface area contributed by atoms with Gasteiger partial charge in [-0.3, -0.25) is 0 Å². The minimum Gasteiger partial charge on any atom is -0.309 e. The molecule has 9 aromatic rings. The van der Waals surface area contributed by atoms with Crippen LogP contribution in [0, 0.1) is 22.7 Å². The maximum atomic E-state index is 9.88. The Labute approximate surface area is 254 Å². The van der Waals surface area contributed by atoms with Gasteiger partial charge >= 0.3 is 0 Å². The predicted octanol–water partition coefficient (Wildman–Crippen LogP) is 10.9. The van der Waals surface area contributed by atoms with Gasteiger partial charge in [-0.25, -0.2) is 0 Å². The number of rotatable bonds is 2. The van der Waals surface area contributed by atoms with Crippen LogP contribution in [-0.4, -0.2) is 4.57 Å². The molecule has 9 rings (SSSR count). The molecule has 198 valence electrons. The van der Waals surface area contributed by atoms with Crippen LogP contribution in [-0.2, 0) is 0 Å². The van der Waals surface area contributed by atoms with Gasteiger partial charge in [0, 0.05) is 56.7 Å². The lowest BCUT2D eigenvalue weighted by Crippen LogP contribution is -1.98. The second-order valence-electron chi connectivity index (χ2n) is 10.8. The third-order valence-electron chi connectivity index (χ3n) is 8.45. The molecule has 0 saturated heterocycles. The van der Waals surface area contributed by atoms with Gasteiger partial charge in [0.1, 0.15) is 0 Å². The lowest BCUT2D eigenvalue weighted by atomic mass is 9.98. The molecule has 0 radical (unpaired) electrons. The van der Waals surface area contributed by atoms with E-state index >= 15 is 0 Å². The average molecular weight is 582 g/mol. The Hall–Kier alpha value is -5.46. The van der Waals surface area contributed by atoms with Crippen LogP contribution in [0.1, 0.15) is 11.1 Å². The second kappa shape index (κ2) is 9.02. The summed E-state index contributed by atoms with van der Waals surface area (Å²) >= 11 is 3.58. The first-order valence-corrected chi connectivity index (χ1v) is 15.6. The van der Waals surface area contributed by atoms with Crippen molar-refractivity contribution in [3.8, 4) is 29.0 Å². The third-order valence-corrected chi connectivity index (χ3v) is 10.7. The Morgan fingerprint density at radius 3 is 1.70 bits per heavy atom. The quantitative estimate of drug-likeness (QED) is 0.204. The Bertz CT molecular complexity index is 2650. The fourth-order valence-corrected chi connectivity index (χ4v) is 8.79. The van der Waals surface area contributed by atoms with Crippen molar-refractivity contribution >= 4 is 84.8 Å². The summed E-state index contributed by atoms with van der Waals surface area (Å²) < 4.78 is 7.24. The van der Waals surface area contributed by atoms with E-state index in [1.54, 1.807) is 11.3 Å². The van der Waals surface area contributed by atoms with E-state index in [9.17, 15) is 10.5 Å². The average Bonchev–Trinajstić information content (AvgIpc) is 3.71. The van der Waals surface area contributed by atoms with Crippen molar-refractivity contribution in [3.63, 3.8) is 0 Å². The number of aromatic nitrogens is 1. The van der Waals surface area contributed by atoms with Gasteiger partial charge in [0.05, 0.1) is 40.0 Å². The van der Waals surface area contributed by atoms with Crippen LogP contribution in [0.4, 0.5) is 0 Å². The summed E-state index contributed by atoms with van der Waals surface area (Å²) in [6.45, 7) is 0. The highest BCUT2D eigenvalue weighted by Crippen LogP contribution is 2.44. The molecule has 0 saturated carbocycles. The first-order valence-electron chi connectivity index (χ1n) is 14.0. The largest absolute Gasteiger partial charge is 0.309 e. The molecule has 6 aromatic carbocycles. The Morgan fingerprint density at radius 1 is 0.465 bits per heavy atom. The molecule has 0 amide bonds. The van der Waals surface area contributed by atoms with E-state index in [2.05, 4.69) is 108 Å². The van der Waals surface area contributed by atoms with Gasteiger partial charge < -0.3 is 4.57 Å². The predicted molar refractivity (Wildman–Crippen MR) is 181 cm³/mol. The third kappa shape index (κ3) is 3.50. The number of thiophene rings is 2. The molecule has 0 unspecified atom stereocenters. The van der Waals surface area contributed by atoms with E-state index in [4.69, 9.17) is 0 Å². The van der Waals surface area contributed by atoms with Crippen LogP contribution in [0.5, 0.6) is 0 Å². The van der Waals surface area contributed by atoms with Gasteiger partial charge in [-0.1, -0.05) is 42.5 Å². The molecule has 3 nitrogen and oxygen atoms in total. The molecule has 0 N–H and O–H groups in total. The number of hydrogen-bond acceptors (Lipinski definition) is 4. The minimum atomic E-state index is 0.634. The summed E-state index contributed by atoms with van der Waals surface area (Å²) in [5, 5.41) is 26.5. The molecule has 3 heterocycles. The zero-order chi connectivity index (χ0) is 28.7. The monoisotopic (exact) mass is 581 g/mol. The summed E-state index contributed by atoms with van der Waals surface area (Å²) in [4.78, 5) is 0. The van der Waals surface area contributed by atoms with Crippen LogP contribution < -0.4 is 0 Å². The molecular formula is C38H19N3S2. The van der Waals surface area contributed by atoms with E-state index in [-0.39, 0.29) is 0 Å². The first kappa shape index (κ1) is 24.2. The first-order chi connectivity index (χ1) is 21.2. The van der Waals surface area contributed by atoms with Crippen molar-refractivity contribution in [2.75, 3.05) is 0 Å². The zero-order valence-electron chi connectivity index (χ0n) is 22.6. The molecule has 0 aliphatic rings. The minimum absolute atomic E-state index is 0.634. The summed E-state index contributed by atoms with van der Waals surface area (Å²) in [5.41, 5.74) is 6.73. The summed E-state index contributed by atoms with van der Waals surface area (Å²) in [6, 6.07) is 44.9. The van der Waals surface area contributed by atoms with Gasteiger partial charge in [0.2, 0.25) is 0 Å². The highest BCUT2D eigenvalue weighted by Gasteiger charge is 2.17. The SMILES string of the molecule is N#Cc1ccc(-n2c3ccccc3c3ccccc32)c(-c2ccc3sc4cc5sc6ccc(C#N)cc6c5cc4c3c2)c1. The number of nitrogens with zero attached hydrogens (tertiary/aromatic N) is 3. The van der Waals surface area contributed by atoms with Gasteiger partial charge in [-0.2, -0.15) is 10.5 Å². The van der Waals surface area contributed by atoms with Crippen LogP contribution >= 0.6 is 22.7 Å². The van der Waals surface area contributed by atoms with E-state index in [0.29, 0.717) is 11.1 Å². The number of benzene rings is 6. The molecule has 0 aliphatic heterocycles. The molecule has 43 heavy (non-hydrogen) atoms. The lowest BCUT2D eigenvalue weighted by Gasteiger charge is -2.15. The maximum Gasteiger partial charge on any atom is 0.0991 e. The lowest BCUT2D eigenvalue weighted by molar-refractivity contribution is 1.18. The Kier molecular flexibility index (Phi) is 5.07. The van der Waals surface area contributed by atoms with E-state index in [0.717, 1.165) is 33.2 Å². The van der Waals surface area contributed by atoms with Crippen LogP contribution in [0.3, 0.4) is 0 Å². The van der Waals surface area contributed by atoms with Crippen molar-refractivity contribution in [2.45, 2.75) is 0 Å². The number of para-hydroxylation sites is 2. The topological polar surface area (TPSA) is 52.5 Å². The van der Waals surface area contributed by atoms with E-state index in [1.165, 1.54) is 45.7 Å². The normalized spacial score (nSPS) is 11.7. The molecular weight excluding hydrogens is 563 g/mol. The summed E-state index contributed by atoms with van der Waals surface area (Å²) in [6.07, 6.45) is 0. The molecule has 0 fully saturated rings. The van der Waals surface area contributed by atoms with Gasteiger partial charge in [-0.05, 0) is 78.4 Å². The Morgan fingerprint density at radius 2 is 1.02 bits per heavy atom. The Balaban J connectivity index is 1.32. The molecule has 0 atom stereocenters. The smallest absolute Gasteiger partial charge is 0.0991 e. The van der Waals surface area contributed by atoms with Gasteiger partial charge in [-0.15, -0.1) is 22.7 Å². The number of nitriles is 2. The van der Waals surface area contributed by atoms with Crippen molar-refractivity contribution in [1.82, 2.24) is 4.57 Å². The molecule has 0 aliphatic carbocycles. The van der Waals surface area contributed by atoms with Crippen molar-refractivity contribution in [2.24, 2.45) is 0 Å². The summed E-state index contributed by atoms with van der Waals surface area (Å²) in [5.74, 6) is 0.